The minimum absolute atomic E-state index is 0.0800. The lowest BCUT2D eigenvalue weighted by Crippen LogP contribution is -2.25. The van der Waals surface area contributed by atoms with Crippen LogP contribution in [0.2, 0.25) is 0 Å². The summed E-state index contributed by atoms with van der Waals surface area (Å²) in [5.41, 5.74) is 2.18. The molecule has 1 aliphatic heterocycles. The van der Waals surface area contributed by atoms with Gasteiger partial charge in [0.2, 0.25) is 11.8 Å². The van der Waals surface area contributed by atoms with Gasteiger partial charge in [-0.2, -0.15) is 0 Å². The van der Waals surface area contributed by atoms with Crippen LogP contribution in [0.25, 0.3) is 10.9 Å². The Hall–Kier alpha value is -4.25. The van der Waals surface area contributed by atoms with Crippen LogP contribution in [-0.2, 0) is 11.3 Å². The molecule has 11 heteroatoms. The quantitative estimate of drug-likeness (QED) is 0.303. The summed E-state index contributed by atoms with van der Waals surface area (Å²) < 4.78 is 19.2. The predicted molar refractivity (Wildman–Crippen MR) is 147 cm³/mol. The van der Waals surface area contributed by atoms with E-state index in [-0.39, 0.29) is 18.4 Å². The minimum Gasteiger partial charge on any atom is -0.493 e. The van der Waals surface area contributed by atoms with Crippen molar-refractivity contribution in [2.24, 2.45) is 0 Å². The number of benzene rings is 2. The van der Waals surface area contributed by atoms with Crippen LogP contribution in [0.15, 0.2) is 48.9 Å². The van der Waals surface area contributed by atoms with E-state index in [0.717, 1.165) is 25.3 Å². The number of carbonyl (C=O) groups is 1. The van der Waals surface area contributed by atoms with E-state index in [0.29, 0.717) is 46.3 Å². The highest BCUT2D eigenvalue weighted by atomic mass is 16.5. The second-order valence-corrected chi connectivity index (χ2v) is 9.77. The van der Waals surface area contributed by atoms with Gasteiger partial charge in [-0.15, -0.1) is 5.10 Å². The van der Waals surface area contributed by atoms with E-state index in [1.807, 2.05) is 26.0 Å². The zero-order chi connectivity index (χ0) is 27.2. The SMILES string of the molecule is COc1cc2c(Oc3ccc(NC(=O)Cn4cc(C(C)C)nn4)cc3)ncnc2cc1OCCN1CCCC1. The Balaban J connectivity index is 1.23. The molecule has 0 unspecified atom stereocenters. The fourth-order valence-corrected chi connectivity index (χ4v) is 4.41. The monoisotopic (exact) mass is 531 g/mol. The number of fused-ring (bicyclic) bond motifs is 1. The molecule has 1 saturated heterocycles. The molecule has 11 nitrogen and oxygen atoms in total. The normalized spacial score (nSPS) is 13.6. The first-order valence-electron chi connectivity index (χ1n) is 13.1. The molecule has 4 aromatic rings. The summed E-state index contributed by atoms with van der Waals surface area (Å²) in [6.45, 7) is 7.86. The molecule has 1 amide bonds. The fourth-order valence-electron chi connectivity index (χ4n) is 4.41. The van der Waals surface area contributed by atoms with Gasteiger partial charge in [0.15, 0.2) is 11.5 Å². The van der Waals surface area contributed by atoms with Gasteiger partial charge in [0.25, 0.3) is 0 Å². The van der Waals surface area contributed by atoms with E-state index < -0.39 is 0 Å². The van der Waals surface area contributed by atoms with Gasteiger partial charge in [-0.05, 0) is 62.2 Å². The van der Waals surface area contributed by atoms with E-state index in [1.165, 1.54) is 23.9 Å². The van der Waals surface area contributed by atoms with Gasteiger partial charge in [-0.3, -0.25) is 9.69 Å². The number of rotatable bonds is 11. The Morgan fingerprint density at radius 2 is 1.87 bits per heavy atom. The summed E-state index contributed by atoms with van der Waals surface area (Å²) in [7, 11) is 1.61. The molecule has 204 valence electrons. The number of hydrogen-bond donors (Lipinski definition) is 1. The fraction of sp³-hybridized carbons (Fsp3) is 0.393. The second kappa shape index (κ2) is 12.1. The van der Waals surface area contributed by atoms with Crippen molar-refractivity contribution in [3.8, 4) is 23.1 Å². The number of methoxy groups -OCH3 is 1. The summed E-state index contributed by atoms with van der Waals surface area (Å²) in [4.78, 5) is 23.6. The van der Waals surface area contributed by atoms with Crippen molar-refractivity contribution in [2.75, 3.05) is 38.7 Å². The van der Waals surface area contributed by atoms with E-state index in [9.17, 15) is 4.79 Å². The lowest BCUT2D eigenvalue weighted by atomic mass is 10.2. The summed E-state index contributed by atoms with van der Waals surface area (Å²) in [6.07, 6.45) is 5.74. The van der Waals surface area contributed by atoms with Crippen LogP contribution >= 0.6 is 0 Å². The van der Waals surface area contributed by atoms with Gasteiger partial charge >= 0.3 is 0 Å². The highest BCUT2D eigenvalue weighted by Crippen LogP contribution is 2.36. The van der Waals surface area contributed by atoms with Crippen molar-refractivity contribution >= 4 is 22.5 Å². The molecule has 39 heavy (non-hydrogen) atoms. The first kappa shape index (κ1) is 26.4. The largest absolute Gasteiger partial charge is 0.493 e. The predicted octanol–water partition coefficient (Wildman–Crippen LogP) is 4.26. The number of aromatic nitrogens is 5. The van der Waals surface area contributed by atoms with Crippen molar-refractivity contribution in [1.29, 1.82) is 0 Å². The highest BCUT2D eigenvalue weighted by molar-refractivity contribution is 5.90. The molecule has 0 spiro atoms. The van der Waals surface area contributed by atoms with Crippen LogP contribution in [0.1, 0.15) is 38.3 Å². The molecule has 3 heterocycles. The van der Waals surface area contributed by atoms with Crippen molar-refractivity contribution in [1.82, 2.24) is 29.9 Å². The third-order valence-electron chi connectivity index (χ3n) is 6.55. The smallest absolute Gasteiger partial charge is 0.246 e. The van der Waals surface area contributed by atoms with Gasteiger partial charge in [-0.25, -0.2) is 14.6 Å². The van der Waals surface area contributed by atoms with E-state index in [4.69, 9.17) is 14.2 Å². The summed E-state index contributed by atoms with van der Waals surface area (Å²) >= 11 is 0. The number of hydrogen-bond acceptors (Lipinski definition) is 9. The van der Waals surface area contributed by atoms with Gasteiger partial charge in [-0.1, -0.05) is 19.1 Å². The Morgan fingerprint density at radius 3 is 2.59 bits per heavy atom. The molecule has 2 aromatic carbocycles. The Labute approximate surface area is 227 Å². The molecule has 0 aliphatic carbocycles. The van der Waals surface area contributed by atoms with Crippen LogP contribution < -0.4 is 19.5 Å². The lowest BCUT2D eigenvalue weighted by Gasteiger charge is -2.17. The van der Waals surface area contributed by atoms with Crippen molar-refractivity contribution in [3.63, 3.8) is 0 Å². The van der Waals surface area contributed by atoms with Gasteiger partial charge in [0, 0.05) is 24.5 Å². The van der Waals surface area contributed by atoms with Crippen LogP contribution in [0.3, 0.4) is 0 Å². The van der Waals surface area contributed by atoms with Crippen LogP contribution in [-0.4, -0.2) is 69.1 Å². The van der Waals surface area contributed by atoms with Gasteiger partial charge < -0.3 is 19.5 Å². The minimum atomic E-state index is -0.198. The van der Waals surface area contributed by atoms with Crippen molar-refractivity contribution < 1.29 is 19.0 Å². The number of amides is 1. The number of likely N-dealkylation sites (tertiary alicyclic amines) is 1. The zero-order valence-corrected chi connectivity index (χ0v) is 22.5. The number of nitrogens with zero attached hydrogens (tertiary/aromatic N) is 6. The first-order valence-corrected chi connectivity index (χ1v) is 13.1. The summed E-state index contributed by atoms with van der Waals surface area (Å²) in [6, 6.07) is 10.8. The van der Waals surface area contributed by atoms with E-state index >= 15 is 0 Å². The molecule has 0 atom stereocenters. The standard InChI is InChI=1S/C28H33N7O4/c1-19(2)24-16-35(33-32-24)17-27(36)31-20-6-8-21(9-7-20)39-28-22-14-25(37-3)26(15-23(22)29-18-30-28)38-13-12-34-10-4-5-11-34/h6-9,14-16,18-19H,4-5,10-13,17H2,1-3H3,(H,31,36). The second-order valence-electron chi connectivity index (χ2n) is 9.77. The maximum absolute atomic E-state index is 12.4. The Bertz CT molecular complexity index is 1420. The Morgan fingerprint density at radius 1 is 1.08 bits per heavy atom. The maximum Gasteiger partial charge on any atom is 0.246 e. The maximum atomic E-state index is 12.4. The van der Waals surface area contributed by atoms with Crippen molar-refractivity contribution in [3.05, 3.63) is 54.6 Å². The third-order valence-corrected chi connectivity index (χ3v) is 6.55. The summed E-state index contributed by atoms with van der Waals surface area (Å²) in [5.74, 6) is 2.25. The molecule has 5 rings (SSSR count). The molecule has 1 aliphatic rings. The molecular weight excluding hydrogens is 498 g/mol. The molecule has 1 fully saturated rings. The van der Waals surface area contributed by atoms with E-state index in [1.54, 1.807) is 37.6 Å². The highest BCUT2D eigenvalue weighted by Gasteiger charge is 2.15. The average molecular weight is 532 g/mol. The summed E-state index contributed by atoms with van der Waals surface area (Å²) in [5, 5.41) is 11.7. The molecule has 1 N–H and O–H groups in total. The number of nitrogens with one attached hydrogen (secondary N) is 1. The van der Waals surface area contributed by atoms with Crippen LogP contribution in [0.4, 0.5) is 5.69 Å². The number of anilines is 1. The Kier molecular flexibility index (Phi) is 8.16. The van der Waals surface area contributed by atoms with Gasteiger partial charge in [0.05, 0.1) is 23.7 Å². The molecule has 0 bridgehead atoms. The van der Waals surface area contributed by atoms with Crippen molar-refractivity contribution in [2.45, 2.75) is 39.2 Å². The first-order chi connectivity index (χ1) is 19.0. The van der Waals surface area contributed by atoms with E-state index in [2.05, 4.69) is 30.5 Å². The molecule has 0 saturated carbocycles. The number of carbonyl (C=O) groups excluding carboxylic acids is 1. The molecular formula is C28H33N7O4. The lowest BCUT2D eigenvalue weighted by molar-refractivity contribution is -0.116. The zero-order valence-electron chi connectivity index (χ0n) is 22.5. The third kappa shape index (κ3) is 6.61. The average Bonchev–Trinajstić information content (AvgIpc) is 3.62. The topological polar surface area (TPSA) is 117 Å². The molecule has 0 radical (unpaired) electrons. The van der Waals surface area contributed by atoms with Crippen LogP contribution in [0, 0.1) is 0 Å². The van der Waals surface area contributed by atoms with Crippen LogP contribution in [0.5, 0.6) is 23.1 Å². The van der Waals surface area contributed by atoms with Gasteiger partial charge in [0.1, 0.15) is 25.2 Å². The molecule has 2 aromatic heterocycles. The number of ether oxygens (including phenoxy) is 3.